The maximum Gasteiger partial charge on any atom is 0.416 e. The summed E-state index contributed by atoms with van der Waals surface area (Å²) in [6, 6.07) is 4.64. The Bertz CT molecular complexity index is 535. The highest BCUT2D eigenvalue weighted by molar-refractivity contribution is 5.77. The normalized spacial score (nSPS) is 15.3. The molecule has 1 aromatic carbocycles. The van der Waals surface area contributed by atoms with Crippen LogP contribution in [0.4, 0.5) is 13.2 Å². The summed E-state index contributed by atoms with van der Waals surface area (Å²) in [5, 5.41) is 12.2. The molecule has 1 rings (SSSR count). The lowest BCUT2D eigenvalue weighted by molar-refractivity contribution is -0.137. The van der Waals surface area contributed by atoms with Gasteiger partial charge >= 0.3 is 6.18 Å². The average molecular weight is 317 g/mol. The van der Waals surface area contributed by atoms with Crippen LogP contribution in [0.15, 0.2) is 24.3 Å². The predicted octanol–water partition coefficient (Wildman–Crippen LogP) is 3.47. The van der Waals surface area contributed by atoms with Gasteiger partial charge in [-0.2, -0.15) is 13.2 Å². The Labute approximate surface area is 128 Å². The molecule has 124 valence electrons. The zero-order chi connectivity index (χ0) is 17.2. The van der Waals surface area contributed by atoms with Gasteiger partial charge in [-0.15, -0.1) is 0 Å². The summed E-state index contributed by atoms with van der Waals surface area (Å²) >= 11 is 0. The molecule has 22 heavy (non-hydrogen) atoms. The molecule has 0 aliphatic heterocycles. The van der Waals surface area contributed by atoms with Crippen molar-refractivity contribution in [3.63, 3.8) is 0 Å². The van der Waals surface area contributed by atoms with E-state index in [0.29, 0.717) is 0 Å². The van der Waals surface area contributed by atoms with Gasteiger partial charge in [-0.3, -0.25) is 4.79 Å². The lowest BCUT2D eigenvalue weighted by Gasteiger charge is -2.31. The van der Waals surface area contributed by atoms with Crippen LogP contribution in [-0.2, 0) is 16.5 Å². The molecule has 0 bridgehead atoms. The standard InChI is InChI=1S/C16H22F3NO2/c1-14(2,3)9-13(22)20-15(4,10-21)11-6-5-7-12(8-11)16(17,18)19/h5-8,21H,9-10H2,1-4H3,(H,20,22). The second kappa shape index (κ2) is 6.28. The molecule has 0 fully saturated rings. The fourth-order valence-corrected chi connectivity index (χ4v) is 2.08. The number of carbonyl (C=O) groups excluding carboxylic acids is 1. The molecular formula is C16H22F3NO2. The number of nitrogens with one attached hydrogen (secondary N) is 1. The molecule has 0 aromatic heterocycles. The van der Waals surface area contributed by atoms with Crippen LogP contribution in [0.3, 0.4) is 0 Å². The summed E-state index contributed by atoms with van der Waals surface area (Å²) in [7, 11) is 0. The molecular weight excluding hydrogens is 295 g/mol. The minimum atomic E-state index is -4.47. The second-order valence-electron chi connectivity index (χ2n) is 6.85. The van der Waals surface area contributed by atoms with Crippen molar-refractivity contribution in [2.24, 2.45) is 5.41 Å². The summed E-state index contributed by atoms with van der Waals surface area (Å²) in [4.78, 5) is 12.0. The molecule has 6 heteroatoms. The van der Waals surface area contributed by atoms with Crippen molar-refractivity contribution >= 4 is 5.91 Å². The molecule has 1 atom stereocenters. The molecule has 0 heterocycles. The Hall–Kier alpha value is -1.56. The monoisotopic (exact) mass is 317 g/mol. The van der Waals surface area contributed by atoms with Crippen LogP contribution in [0.1, 0.15) is 45.2 Å². The number of carbonyl (C=O) groups is 1. The fourth-order valence-electron chi connectivity index (χ4n) is 2.08. The van der Waals surface area contributed by atoms with Crippen LogP contribution in [0, 0.1) is 5.41 Å². The number of aliphatic hydroxyl groups excluding tert-OH is 1. The van der Waals surface area contributed by atoms with E-state index in [-0.39, 0.29) is 23.3 Å². The van der Waals surface area contributed by atoms with Gasteiger partial charge in [-0.25, -0.2) is 0 Å². The van der Waals surface area contributed by atoms with E-state index in [1.807, 2.05) is 20.8 Å². The Morgan fingerprint density at radius 2 is 1.68 bits per heavy atom. The molecule has 0 aliphatic carbocycles. The first-order chi connectivity index (χ1) is 9.87. The molecule has 0 aliphatic rings. The lowest BCUT2D eigenvalue weighted by atomic mass is 9.88. The molecule has 0 saturated heterocycles. The number of alkyl halides is 3. The van der Waals surface area contributed by atoms with Gasteiger partial charge in [0.15, 0.2) is 0 Å². The van der Waals surface area contributed by atoms with E-state index in [4.69, 9.17) is 0 Å². The first-order valence-electron chi connectivity index (χ1n) is 6.97. The van der Waals surface area contributed by atoms with E-state index in [1.54, 1.807) is 0 Å². The molecule has 3 nitrogen and oxygen atoms in total. The van der Waals surface area contributed by atoms with Crippen LogP contribution in [0.5, 0.6) is 0 Å². The van der Waals surface area contributed by atoms with Gasteiger partial charge in [-0.1, -0.05) is 32.9 Å². The summed E-state index contributed by atoms with van der Waals surface area (Å²) in [6.45, 7) is 6.65. The zero-order valence-electron chi connectivity index (χ0n) is 13.2. The number of amides is 1. The van der Waals surface area contributed by atoms with E-state index < -0.39 is 23.9 Å². The second-order valence-corrected chi connectivity index (χ2v) is 6.85. The number of halogens is 3. The van der Waals surface area contributed by atoms with E-state index in [9.17, 15) is 23.1 Å². The van der Waals surface area contributed by atoms with Gasteiger partial charge in [0.05, 0.1) is 17.7 Å². The third-order valence-corrected chi connectivity index (χ3v) is 3.25. The number of hydrogen-bond acceptors (Lipinski definition) is 2. The quantitative estimate of drug-likeness (QED) is 0.893. The number of rotatable bonds is 4. The molecule has 0 radical (unpaired) electrons. The maximum atomic E-state index is 12.8. The zero-order valence-corrected chi connectivity index (χ0v) is 13.2. The van der Waals surface area contributed by atoms with E-state index in [2.05, 4.69) is 5.32 Å². The van der Waals surface area contributed by atoms with Crippen LogP contribution >= 0.6 is 0 Å². The Morgan fingerprint density at radius 3 is 2.14 bits per heavy atom. The summed E-state index contributed by atoms with van der Waals surface area (Å²) in [6.07, 6.45) is -4.26. The number of hydrogen-bond donors (Lipinski definition) is 2. The van der Waals surface area contributed by atoms with Crippen molar-refractivity contribution in [3.8, 4) is 0 Å². The minimum Gasteiger partial charge on any atom is -0.394 e. The van der Waals surface area contributed by atoms with Gasteiger partial charge in [0.25, 0.3) is 0 Å². The van der Waals surface area contributed by atoms with Crippen LogP contribution in [-0.4, -0.2) is 17.6 Å². The van der Waals surface area contributed by atoms with E-state index >= 15 is 0 Å². The molecule has 1 unspecified atom stereocenters. The van der Waals surface area contributed by atoms with Crippen molar-refractivity contribution in [1.82, 2.24) is 5.32 Å². The van der Waals surface area contributed by atoms with Gasteiger partial charge in [0, 0.05) is 6.42 Å². The van der Waals surface area contributed by atoms with Gasteiger partial charge in [0.1, 0.15) is 0 Å². The number of aliphatic hydroxyl groups is 1. The van der Waals surface area contributed by atoms with Crippen molar-refractivity contribution in [3.05, 3.63) is 35.4 Å². The summed E-state index contributed by atoms with van der Waals surface area (Å²) in [5.74, 6) is -0.318. The minimum absolute atomic E-state index is 0.210. The summed E-state index contributed by atoms with van der Waals surface area (Å²) in [5.41, 5.74) is -2.11. The molecule has 2 N–H and O–H groups in total. The first kappa shape index (κ1) is 18.5. The maximum absolute atomic E-state index is 12.8. The molecule has 0 spiro atoms. The Kier molecular flexibility index (Phi) is 5.28. The van der Waals surface area contributed by atoms with Crippen molar-refractivity contribution in [2.45, 2.75) is 45.8 Å². The SMILES string of the molecule is CC(C)(C)CC(=O)NC(C)(CO)c1cccc(C(F)(F)F)c1. The van der Waals surface area contributed by atoms with E-state index in [0.717, 1.165) is 12.1 Å². The predicted molar refractivity (Wildman–Crippen MR) is 78.1 cm³/mol. The third-order valence-electron chi connectivity index (χ3n) is 3.25. The average Bonchev–Trinajstić information content (AvgIpc) is 2.35. The highest BCUT2D eigenvalue weighted by Gasteiger charge is 2.34. The Morgan fingerprint density at radius 1 is 1.14 bits per heavy atom. The van der Waals surface area contributed by atoms with Crippen LogP contribution < -0.4 is 5.32 Å². The third kappa shape index (κ3) is 5.02. The highest BCUT2D eigenvalue weighted by atomic mass is 19.4. The van der Waals surface area contributed by atoms with Gasteiger partial charge in [0.2, 0.25) is 5.91 Å². The molecule has 0 saturated carbocycles. The first-order valence-corrected chi connectivity index (χ1v) is 6.97. The largest absolute Gasteiger partial charge is 0.416 e. The smallest absolute Gasteiger partial charge is 0.394 e. The molecule has 1 aromatic rings. The van der Waals surface area contributed by atoms with E-state index in [1.165, 1.54) is 19.1 Å². The van der Waals surface area contributed by atoms with Crippen molar-refractivity contribution in [1.29, 1.82) is 0 Å². The number of benzene rings is 1. The summed E-state index contributed by atoms with van der Waals surface area (Å²) < 4.78 is 38.4. The molecule has 1 amide bonds. The lowest BCUT2D eigenvalue weighted by Crippen LogP contribution is -2.47. The highest BCUT2D eigenvalue weighted by Crippen LogP contribution is 2.32. The topological polar surface area (TPSA) is 49.3 Å². The Balaban J connectivity index is 3.06. The van der Waals surface area contributed by atoms with Gasteiger partial charge in [-0.05, 0) is 30.0 Å². The van der Waals surface area contributed by atoms with Gasteiger partial charge < -0.3 is 10.4 Å². The fraction of sp³-hybridized carbons (Fsp3) is 0.562. The van der Waals surface area contributed by atoms with Crippen molar-refractivity contribution in [2.75, 3.05) is 6.61 Å². The van der Waals surface area contributed by atoms with Crippen LogP contribution in [0.2, 0.25) is 0 Å². The van der Waals surface area contributed by atoms with Crippen LogP contribution in [0.25, 0.3) is 0 Å². The van der Waals surface area contributed by atoms with Crippen molar-refractivity contribution < 1.29 is 23.1 Å².